The molecule has 0 N–H and O–H groups in total. The summed E-state index contributed by atoms with van der Waals surface area (Å²) in [7, 11) is 3.08. The Bertz CT molecular complexity index is 435. The van der Waals surface area contributed by atoms with E-state index in [1.54, 1.807) is 7.11 Å². The van der Waals surface area contributed by atoms with Crippen LogP contribution in [-0.4, -0.2) is 26.8 Å². The number of hydrogen-bond acceptors (Lipinski definition) is 4. The molecule has 1 aliphatic carbocycles. The Kier molecular flexibility index (Phi) is 5.90. The molecule has 1 aromatic rings. The zero-order valence-electron chi connectivity index (χ0n) is 12.8. The summed E-state index contributed by atoms with van der Waals surface area (Å²) in [4.78, 5) is 12.0. The lowest BCUT2D eigenvalue weighted by Gasteiger charge is -2.28. The monoisotopic (exact) mass is 292 g/mol. The lowest BCUT2D eigenvalue weighted by molar-refractivity contribution is -0.149. The third kappa shape index (κ3) is 4.38. The zero-order valence-corrected chi connectivity index (χ0v) is 12.8. The second kappa shape index (κ2) is 7.91. The zero-order chi connectivity index (χ0) is 15.1. The van der Waals surface area contributed by atoms with Crippen LogP contribution in [0.5, 0.6) is 11.5 Å². The highest BCUT2D eigenvalue weighted by Gasteiger charge is 2.31. The maximum atomic E-state index is 12.0. The van der Waals surface area contributed by atoms with Gasteiger partial charge in [-0.15, -0.1) is 0 Å². The molecule has 0 bridgehead atoms. The van der Waals surface area contributed by atoms with E-state index in [4.69, 9.17) is 14.2 Å². The van der Waals surface area contributed by atoms with Crippen molar-refractivity contribution >= 4 is 5.97 Å². The van der Waals surface area contributed by atoms with Gasteiger partial charge in [0.2, 0.25) is 0 Å². The molecule has 0 amide bonds. The minimum absolute atomic E-state index is 0.157. The summed E-state index contributed by atoms with van der Waals surface area (Å²) in [6, 6.07) is 7.41. The van der Waals surface area contributed by atoms with E-state index in [0.29, 0.717) is 12.5 Å². The van der Waals surface area contributed by atoms with Gasteiger partial charge in [0.05, 0.1) is 20.1 Å². The Morgan fingerprint density at radius 1 is 1.10 bits per heavy atom. The molecule has 0 heterocycles. The smallest absolute Gasteiger partial charge is 0.312 e. The van der Waals surface area contributed by atoms with Crippen LogP contribution in [0.2, 0.25) is 0 Å². The topological polar surface area (TPSA) is 44.8 Å². The normalized spacial score (nSPS) is 17.0. The van der Waals surface area contributed by atoms with Gasteiger partial charge in [-0.2, -0.15) is 0 Å². The van der Waals surface area contributed by atoms with Crippen molar-refractivity contribution in [3.63, 3.8) is 0 Å². The summed E-state index contributed by atoms with van der Waals surface area (Å²) in [5, 5.41) is 0. The van der Waals surface area contributed by atoms with E-state index in [0.717, 1.165) is 24.3 Å². The van der Waals surface area contributed by atoms with E-state index in [9.17, 15) is 4.79 Å². The minimum atomic E-state index is -0.169. The van der Waals surface area contributed by atoms with E-state index in [2.05, 4.69) is 0 Å². The average Bonchev–Trinajstić information content (AvgIpc) is 2.56. The highest BCUT2D eigenvalue weighted by molar-refractivity contribution is 5.72. The van der Waals surface area contributed by atoms with Gasteiger partial charge in [-0.05, 0) is 43.0 Å². The summed E-state index contributed by atoms with van der Waals surface area (Å²) in [6.07, 6.45) is 5.84. The van der Waals surface area contributed by atoms with Gasteiger partial charge in [0.25, 0.3) is 0 Å². The second-order valence-electron chi connectivity index (χ2n) is 5.51. The van der Waals surface area contributed by atoms with Crippen LogP contribution >= 0.6 is 0 Å². The molecule has 1 aromatic carbocycles. The third-order valence-corrected chi connectivity index (χ3v) is 4.21. The molecule has 0 aromatic heterocycles. The molecule has 1 atom stereocenters. The predicted molar refractivity (Wildman–Crippen MR) is 80.6 cm³/mol. The van der Waals surface area contributed by atoms with Crippen molar-refractivity contribution < 1.29 is 19.0 Å². The number of rotatable bonds is 6. The molecule has 21 heavy (non-hydrogen) atoms. The number of ether oxygens (including phenoxy) is 3. The van der Waals surface area contributed by atoms with Crippen LogP contribution in [0.15, 0.2) is 24.3 Å². The quantitative estimate of drug-likeness (QED) is 0.753. The van der Waals surface area contributed by atoms with Crippen molar-refractivity contribution in [3.05, 3.63) is 24.3 Å². The number of esters is 1. The van der Waals surface area contributed by atoms with Crippen molar-refractivity contribution in [1.29, 1.82) is 0 Å². The Morgan fingerprint density at radius 3 is 2.29 bits per heavy atom. The average molecular weight is 292 g/mol. The Labute approximate surface area is 126 Å². The summed E-state index contributed by atoms with van der Waals surface area (Å²) >= 11 is 0. The molecule has 0 aliphatic heterocycles. The Hall–Kier alpha value is -1.71. The molecule has 116 valence electrons. The first-order chi connectivity index (χ1) is 10.2. The van der Waals surface area contributed by atoms with Gasteiger partial charge in [-0.3, -0.25) is 4.79 Å². The van der Waals surface area contributed by atoms with Crippen molar-refractivity contribution in [1.82, 2.24) is 0 Å². The lowest BCUT2D eigenvalue weighted by Crippen LogP contribution is -2.31. The van der Waals surface area contributed by atoms with Gasteiger partial charge in [0.1, 0.15) is 18.1 Å². The van der Waals surface area contributed by atoms with E-state index in [1.807, 2.05) is 24.3 Å². The van der Waals surface area contributed by atoms with Gasteiger partial charge in [0.15, 0.2) is 0 Å². The van der Waals surface area contributed by atoms with E-state index in [1.165, 1.54) is 26.4 Å². The molecule has 1 fully saturated rings. The van der Waals surface area contributed by atoms with E-state index in [-0.39, 0.29) is 11.9 Å². The summed E-state index contributed by atoms with van der Waals surface area (Å²) < 4.78 is 15.9. The van der Waals surface area contributed by atoms with Crippen LogP contribution in [0.3, 0.4) is 0 Å². The van der Waals surface area contributed by atoms with Crippen LogP contribution < -0.4 is 9.47 Å². The predicted octanol–water partition coefficient (Wildman–Crippen LogP) is 3.44. The van der Waals surface area contributed by atoms with Crippen LogP contribution in [0.4, 0.5) is 0 Å². The van der Waals surface area contributed by atoms with Gasteiger partial charge >= 0.3 is 5.97 Å². The van der Waals surface area contributed by atoms with Crippen molar-refractivity contribution in [2.24, 2.45) is 11.8 Å². The van der Waals surface area contributed by atoms with Gasteiger partial charge in [-0.1, -0.05) is 19.3 Å². The molecular formula is C17H24O4. The van der Waals surface area contributed by atoms with Crippen molar-refractivity contribution in [2.75, 3.05) is 20.8 Å². The number of carbonyl (C=O) groups excluding carboxylic acids is 1. The summed E-state index contributed by atoms with van der Waals surface area (Å²) in [5.41, 5.74) is 0. The van der Waals surface area contributed by atoms with Gasteiger partial charge < -0.3 is 14.2 Å². The number of methoxy groups -OCH3 is 2. The number of benzene rings is 1. The first kappa shape index (κ1) is 15.7. The minimum Gasteiger partial charge on any atom is -0.497 e. The molecule has 1 saturated carbocycles. The number of carbonyl (C=O) groups is 1. The SMILES string of the molecule is COC(=O)C(COc1ccc(OC)cc1)C1CCCCC1. The Morgan fingerprint density at radius 2 is 1.71 bits per heavy atom. The lowest BCUT2D eigenvalue weighted by atomic mass is 9.80. The third-order valence-electron chi connectivity index (χ3n) is 4.21. The molecule has 4 heteroatoms. The fourth-order valence-corrected chi connectivity index (χ4v) is 2.94. The largest absolute Gasteiger partial charge is 0.497 e. The fourth-order valence-electron chi connectivity index (χ4n) is 2.94. The van der Waals surface area contributed by atoms with Crippen LogP contribution in [0.1, 0.15) is 32.1 Å². The molecular weight excluding hydrogens is 268 g/mol. The van der Waals surface area contributed by atoms with E-state index < -0.39 is 0 Å². The molecule has 0 radical (unpaired) electrons. The van der Waals surface area contributed by atoms with Gasteiger partial charge in [0, 0.05) is 0 Å². The molecule has 2 rings (SSSR count). The second-order valence-corrected chi connectivity index (χ2v) is 5.51. The highest BCUT2D eigenvalue weighted by Crippen LogP contribution is 2.31. The highest BCUT2D eigenvalue weighted by atomic mass is 16.5. The number of hydrogen-bond donors (Lipinski definition) is 0. The van der Waals surface area contributed by atoms with Gasteiger partial charge in [-0.25, -0.2) is 0 Å². The van der Waals surface area contributed by atoms with Crippen LogP contribution in [0, 0.1) is 11.8 Å². The van der Waals surface area contributed by atoms with Crippen molar-refractivity contribution in [3.8, 4) is 11.5 Å². The molecule has 0 spiro atoms. The maximum absolute atomic E-state index is 12.0. The van der Waals surface area contributed by atoms with E-state index >= 15 is 0 Å². The maximum Gasteiger partial charge on any atom is 0.312 e. The molecule has 4 nitrogen and oxygen atoms in total. The molecule has 1 unspecified atom stereocenters. The Balaban J connectivity index is 1.95. The first-order valence-corrected chi connectivity index (χ1v) is 7.59. The summed E-state index contributed by atoms with van der Waals surface area (Å²) in [6.45, 7) is 0.379. The first-order valence-electron chi connectivity index (χ1n) is 7.59. The standard InChI is InChI=1S/C17H24O4/c1-19-14-8-10-15(11-9-14)21-12-16(17(18)20-2)13-6-4-3-5-7-13/h8-11,13,16H,3-7,12H2,1-2H3. The fraction of sp³-hybridized carbons (Fsp3) is 0.588. The molecule has 0 saturated heterocycles. The van der Waals surface area contributed by atoms with Crippen LogP contribution in [0.25, 0.3) is 0 Å². The summed E-state index contributed by atoms with van der Waals surface area (Å²) in [5.74, 6) is 1.59. The molecule has 1 aliphatic rings. The van der Waals surface area contributed by atoms with Crippen LogP contribution in [-0.2, 0) is 9.53 Å². The van der Waals surface area contributed by atoms with Crippen molar-refractivity contribution in [2.45, 2.75) is 32.1 Å².